The number of methoxy groups -OCH3 is 1. The van der Waals surface area contributed by atoms with Crippen LogP contribution < -0.4 is 9.64 Å². The zero-order chi connectivity index (χ0) is 20.1. The van der Waals surface area contributed by atoms with Crippen molar-refractivity contribution in [1.29, 1.82) is 0 Å². The zero-order valence-electron chi connectivity index (χ0n) is 16.4. The molecule has 0 amide bonds. The highest BCUT2D eigenvalue weighted by atomic mass is 79.9. The third-order valence-electron chi connectivity index (χ3n) is 4.79. The third-order valence-corrected chi connectivity index (χ3v) is 5.34. The van der Waals surface area contributed by atoms with Gasteiger partial charge in [0.15, 0.2) is 5.75 Å². The number of hydrogen-bond donors (Lipinski definition) is 1. The molecule has 0 saturated carbocycles. The van der Waals surface area contributed by atoms with E-state index in [-0.39, 0.29) is 5.75 Å². The van der Waals surface area contributed by atoms with Crippen molar-refractivity contribution >= 4 is 21.7 Å². The van der Waals surface area contributed by atoms with E-state index in [4.69, 9.17) is 4.74 Å². The number of benzene rings is 2. The van der Waals surface area contributed by atoms with Gasteiger partial charge in [-0.2, -0.15) is 0 Å². The van der Waals surface area contributed by atoms with Gasteiger partial charge in [0.25, 0.3) is 0 Å². The van der Waals surface area contributed by atoms with Crippen molar-refractivity contribution < 1.29 is 9.84 Å². The first-order chi connectivity index (χ1) is 13.5. The Bertz CT molecular complexity index is 852. The molecule has 0 saturated heterocycles. The summed E-state index contributed by atoms with van der Waals surface area (Å²) < 4.78 is 5.72. The van der Waals surface area contributed by atoms with Crippen molar-refractivity contribution in [3.63, 3.8) is 0 Å². The van der Waals surface area contributed by atoms with Crippen molar-refractivity contribution in [1.82, 2.24) is 4.98 Å². The number of halogens is 1. The summed E-state index contributed by atoms with van der Waals surface area (Å²) in [6.45, 7) is 5.46. The summed E-state index contributed by atoms with van der Waals surface area (Å²) in [6, 6.07) is 18.7. The fraction of sp³-hybridized carbons (Fsp3) is 0.261. The molecule has 3 aromatic rings. The first-order valence-electron chi connectivity index (χ1n) is 9.32. The number of pyridine rings is 1. The van der Waals surface area contributed by atoms with E-state index in [0.717, 1.165) is 35.7 Å². The molecule has 1 heterocycles. The minimum atomic E-state index is 0.181. The van der Waals surface area contributed by atoms with E-state index in [9.17, 15) is 5.11 Å². The molecule has 4 nitrogen and oxygen atoms in total. The number of anilines is 1. The van der Waals surface area contributed by atoms with Gasteiger partial charge in [0.2, 0.25) is 0 Å². The number of aryl methyl sites for hydroxylation is 2. The Balaban J connectivity index is 1.92. The normalized spacial score (nSPS) is 10.7. The topological polar surface area (TPSA) is 45.6 Å². The third kappa shape index (κ3) is 4.84. The molecule has 28 heavy (non-hydrogen) atoms. The molecule has 0 spiro atoms. The van der Waals surface area contributed by atoms with Gasteiger partial charge in [0.05, 0.1) is 7.11 Å². The Morgan fingerprint density at radius 2 is 1.50 bits per heavy atom. The van der Waals surface area contributed by atoms with E-state index in [1.165, 1.54) is 11.1 Å². The Kier molecular flexibility index (Phi) is 6.57. The number of aromatic hydroxyl groups is 1. The van der Waals surface area contributed by atoms with E-state index >= 15 is 0 Å². The predicted molar refractivity (Wildman–Crippen MR) is 117 cm³/mol. The van der Waals surface area contributed by atoms with Crippen LogP contribution in [0.2, 0.25) is 0 Å². The van der Waals surface area contributed by atoms with Crippen LogP contribution in [0.15, 0.2) is 59.2 Å². The smallest absolute Gasteiger partial charge is 0.151 e. The van der Waals surface area contributed by atoms with Crippen LogP contribution in [0.3, 0.4) is 0 Å². The number of hydrogen-bond acceptors (Lipinski definition) is 4. The Hall–Kier alpha value is -2.53. The SMILES string of the molecule is CCc1ccc(CN(Cc2ccc(OC)cc2)c2cc(C)c(O)c(Br)n2)cc1. The molecular weight excluding hydrogens is 416 g/mol. The predicted octanol–water partition coefficient (Wildman–Crippen LogP) is 5.64. The molecular formula is C23H25BrN2O2. The van der Waals surface area contributed by atoms with Crippen molar-refractivity contribution in [2.75, 3.05) is 12.0 Å². The van der Waals surface area contributed by atoms with Crippen LogP contribution in [0.5, 0.6) is 11.5 Å². The van der Waals surface area contributed by atoms with Crippen LogP contribution in [0.4, 0.5) is 5.82 Å². The van der Waals surface area contributed by atoms with Crippen LogP contribution >= 0.6 is 15.9 Å². The Morgan fingerprint density at radius 3 is 2.00 bits per heavy atom. The maximum absolute atomic E-state index is 10.1. The van der Waals surface area contributed by atoms with Gasteiger partial charge in [-0.05, 0) is 69.7 Å². The zero-order valence-corrected chi connectivity index (χ0v) is 18.0. The van der Waals surface area contributed by atoms with Gasteiger partial charge in [-0.1, -0.05) is 43.3 Å². The molecule has 1 N–H and O–H groups in total. The Labute approximate surface area is 174 Å². The molecule has 0 aliphatic rings. The number of aromatic nitrogens is 1. The summed E-state index contributed by atoms with van der Waals surface area (Å²) in [5.74, 6) is 1.84. The monoisotopic (exact) mass is 440 g/mol. The molecule has 5 heteroatoms. The molecule has 0 atom stereocenters. The summed E-state index contributed by atoms with van der Waals surface area (Å²) in [5.41, 5.74) is 4.49. The molecule has 0 aliphatic heterocycles. The first kappa shape index (κ1) is 20.2. The van der Waals surface area contributed by atoms with Crippen LogP contribution in [0, 0.1) is 6.92 Å². The van der Waals surface area contributed by atoms with Crippen LogP contribution in [-0.4, -0.2) is 17.2 Å². The summed E-state index contributed by atoms with van der Waals surface area (Å²) >= 11 is 3.37. The maximum atomic E-state index is 10.1. The lowest BCUT2D eigenvalue weighted by atomic mass is 10.1. The second-order valence-corrected chi connectivity index (χ2v) is 7.56. The van der Waals surface area contributed by atoms with E-state index in [2.05, 4.69) is 69.1 Å². The highest BCUT2D eigenvalue weighted by molar-refractivity contribution is 9.10. The van der Waals surface area contributed by atoms with Crippen molar-refractivity contribution in [3.05, 3.63) is 81.5 Å². The molecule has 0 unspecified atom stereocenters. The van der Waals surface area contributed by atoms with Crippen molar-refractivity contribution in [2.45, 2.75) is 33.4 Å². The second-order valence-electron chi connectivity index (χ2n) is 6.81. The highest BCUT2D eigenvalue weighted by Gasteiger charge is 2.14. The van der Waals surface area contributed by atoms with Gasteiger partial charge >= 0.3 is 0 Å². The summed E-state index contributed by atoms with van der Waals surface area (Å²) in [4.78, 5) is 6.77. The van der Waals surface area contributed by atoms with E-state index in [0.29, 0.717) is 11.1 Å². The van der Waals surface area contributed by atoms with E-state index in [1.807, 2.05) is 25.1 Å². The number of rotatable bonds is 7. The minimum Gasteiger partial charge on any atom is -0.505 e. The van der Waals surface area contributed by atoms with E-state index < -0.39 is 0 Å². The second kappa shape index (κ2) is 9.11. The van der Waals surface area contributed by atoms with E-state index in [1.54, 1.807) is 7.11 Å². The molecule has 0 radical (unpaired) electrons. The highest BCUT2D eigenvalue weighted by Crippen LogP contribution is 2.30. The lowest BCUT2D eigenvalue weighted by Crippen LogP contribution is -2.23. The molecule has 3 rings (SSSR count). The number of nitrogens with zero attached hydrogens (tertiary/aromatic N) is 2. The fourth-order valence-electron chi connectivity index (χ4n) is 3.04. The standard InChI is InChI=1S/C23H25BrN2O2/c1-4-17-5-7-18(8-6-17)14-26(15-19-9-11-20(28-3)12-10-19)21-13-16(2)22(27)23(24)25-21/h5-13,27H,4,14-15H2,1-3H3. The minimum absolute atomic E-state index is 0.181. The van der Waals surface area contributed by atoms with Gasteiger partial charge in [0, 0.05) is 13.1 Å². The lowest BCUT2D eigenvalue weighted by Gasteiger charge is -2.25. The molecule has 0 bridgehead atoms. The average molecular weight is 441 g/mol. The van der Waals surface area contributed by atoms with Gasteiger partial charge in [-0.3, -0.25) is 0 Å². The maximum Gasteiger partial charge on any atom is 0.151 e. The molecule has 1 aromatic heterocycles. The van der Waals surface area contributed by atoms with Gasteiger partial charge in [0.1, 0.15) is 16.2 Å². The average Bonchev–Trinajstić information content (AvgIpc) is 2.72. The summed E-state index contributed by atoms with van der Waals surface area (Å²) in [6.07, 6.45) is 1.03. The van der Waals surface area contributed by atoms with Gasteiger partial charge in [-0.25, -0.2) is 4.98 Å². The van der Waals surface area contributed by atoms with Crippen molar-refractivity contribution in [2.24, 2.45) is 0 Å². The Morgan fingerprint density at radius 1 is 0.964 bits per heavy atom. The first-order valence-corrected chi connectivity index (χ1v) is 10.1. The van der Waals surface area contributed by atoms with Gasteiger partial charge in [-0.15, -0.1) is 0 Å². The summed E-state index contributed by atoms with van der Waals surface area (Å²) in [7, 11) is 1.67. The number of ether oxygens (including phenoxy) is 1. The van der Waals surface area contributed by atoms with Gasteiger partial charge < -0.3 is 14.7 Å². The van der Waals surface area contributed by atoms with Crippen LogP contribution in [-0.2, 0) is 19.5 Å². The van der Waals surface area contributed by atoms with Crippen molar-refractivity contribution in [3.8, 4) is 11.5 Å². The fourth-order valence-corrected chi connectivity index (χ4v) is 3.54. The lowest BCUT2D eigenvalue weighted by molar-refractivity contribution is 0.414. The van der Waals surface area contributed by atoms with Crippen LogP contribution in [0.1, 0.15) is 29.2 Å². The summed E-state index contributed by atoms with van der Waals surface area (Å²) in [5, 5.41) is 10.1. The quantitative estimate of drug-likeness (QED) is 0.483. The molecule has 0 aliphatic carbocycles. The molecule has 0 fully saturated rings. The largest absolute Gasteiger partial charge is 0.505 e. The molecule has 2 aromatic carbocycles. The molecule has 146 valence electrons. The van der Waals surface area contributed by atoms with Crippen LogP contribution in [0.25, 0.3) is 0 Å².